The summed E-state index contributed by atoms with van der Waals surface area (Å²) in [5.74, 6) is 0.691. The van der Waals surface area contributed by atoms with E-state index in [1.54, 1.807) is 0 Å². The number of hydrogen-bond acceptors (Lipinski definition) is 0. The molecule has 0 heterocycles. The van der Waals surface area contributed by atoms with Crippen molar-refractivity contribution in [2.24, 2.45) is 0 Å². The number of hydrogen-bond donors (Lipinski definition) is 0. The number of alkyl halides is 1. The summed E-state index contributed by atoms with van der Waals surface area (Å²) in [4.78, 5) is 0. The molecular formula is C13H16Cl2. The van der Waals surface area contributed by atoms with Crippen molar-refractivity contribution in [2.75, 3.05) is 5.88 Å². The summed E-state index contributed by atoms with van der Waals surface area (Å²) in [6.45, 7) is 4.17. The molecule has 0 aromatic heterocycles. The maximum atomic E-state index is 5.97. The van der Waals surface area contributed by atoms with Crippen LogP contribution >= 0.6 is 23.2 Å². The van der Waals surface area contributed by atoms with Crippen LogP contribution in [0.5, 0.6) is 0 Å². The number of benzene rings is 1. The highest BCUT2D eigenvalue weighted by Crippen LogP contribution is 2.18. The number of allylic oxidation sites excluding steroid dienone is 2. The minimum atomic E-state index is 0.691. The summed E-state index contributed by atoms with van der Waals surface area (Å²) in [6, 6.07) is 6.18. The molecule has 0 bridgehead atoms. The second kappa shape index (κ2) is 6.19. The molecule has 0 amide bonds. The molecule has 0 fully saturated rings. The average molecular weight is 243 g/mol. The highest BCUT2D eigenvalue weighted by molar-refractivity contribution is 6.31. The molecule has 0 aliphatic rings. The summed E-state index contributed by atoms with van der Waals surface area (Å²) >= 11 is 11.6. The van der Waals surface area contributed by atoms with Crippen LogP contribution in [0.1, 0.15) is 24.5 Å². The van der Waals surface area contributed by atoms with Gasteiger partial charge in [-0.25, -0.2) is 0 Å². The minimum absolute atomic E-state index is 0.691. The van der Waals surface area contributed by atoms with Gasteiger partial charge in [0.25, 0.3) is 0 Å². The van der Waals surface area contributed by atoms with E-state index >= 15 is 0 Å². The first-order valence-electron chi connectivity index (χ1n) is 5.10. The van der Waals surface area contributed by atoms with Gasteiger partial charge in [-0.05, 0) is 43.9 Å². The number of aryl methyl sites for hydroxylation is 1. The lowest BCUT2D eigenvalue weighted by Gasteiger charge is -2.04. The molecule has 0 aliphatic heterocycles. The molecule has 2 heteroatoms. The first kappa shape index (κ1) is 12.6. The molecular weight excluding hydrogens is 227 g/mol. The van der Waals surface area contributed by atoms with Crippen LogP contribution in [0, 0.1) is 6.92 Å². The molecule has 0 N–H and O–H groups in total. The van der Waals surface area contributed by atoms with Gasteiger partial charge in [-0.15, -0.1) is 11.6 Å². The Kier molecular flexibility index (Phi) is 5.21. The molecule has 1 aromatic carbocycles. The molecule has 82 valence electrons. The normalized spacial score (nSPS) is 11.9. The van der Waals surface area contributed by atoms with Crippen molar-refractivity contribution in [3.05, 3.63) is 46.0 Å². The fourth-order valence-electron chi connectivity index (χ4n) is 1.51. The fraction of sp³-hybridized carbons (Fsp3) is 0.385. The Balaban J connectivity index is 2.68. The van der Waals surface area contributed by atoms with E-state index in [1.807, 2.05) is 13.0 Å². The summed E-state index contributed by atoms with van der Waals surface area (Å²) in [5.41, 5.74) is 3.80. The summed E-state index contributed by atoms with van der Waals surface area (Å²) in [6.07, 6.45) is 4.12. The molecule has 15 heavy (non-hydrogen) atoms. The van der Waals surface area contributed by atoms with Gasteiger partial charge in [0, 0.05) is 10.9 Å². The van der Waals surface area contributed by atoms with Gasteiger partial charge < -0.3 is 0 Å². The standard InChI is InChI=1S/C13H16Cl2/c1-10(4-3-7-14)8-12-5-6-13(15)11(2)9-12/h4-6,9H,3,7-8H2,1-2H3/b10-4+. The molecule has 1 rings (SSSR count). The van der Waals surface area contributed by atoms with Crippen molar-refractivity contribution >= 4 is 23.2 Å². The quantitative estimate of drug-likeness (QED) is 0.528. The monoisotopic (exact) mass is 242 g/mol. The van der Waals surface area contributed by atoms with E-state index < -0.39 is 0 Å². The van der Waals surface area contributed by atoms with Crippen molar-refractivity contribution < 1.29 is 0 Å². The SMILES string of the molecule is C/C(=C\CCCl)Cc1ccc(Cl)c(C)c1. The third-order valence-electron chi connectivity index (χ3n) is 2.31. The van der Waals surface area contributed by atoms with Gasteiger partial charge in [-0.1, -0.05) is 35.4 Å². The Hall–Kier alpha value is -0.460. The lowest BCUT2D eigenvalue weighted by Crippen LogP contribution is -1.88. The minimum Gasteiger partial charge on any atom is -0.126 e. The zero-order valence-electron chi connectivity index (χ0n) is 9.19. The second-order valence-electron chi connectivity index (χ2n) is 3.79. The maximum Gasteiger partial charge on any atom is 0.0435 e. The van der Waals surface area contributed by atoms with Crippen molar-refractivity contribution in [1.82, 2.24) is 0 Å². The van der Waals surface area contributed by atoms with Crippen LogP contribution in [-0.4, -0.2) is 5.88 Å². The van der Waals surface area contributed by atoms with Crippen LogP contribution in [0.25, 0.3) is 0 Å². The molecule has 0 radical (unpaired) electrons. The first-order chi connectivity index (χ1) is 7.13. The van der Waals surface area contributed by atoms with Gasteiger partial charge in [-0.3, -0.25) is 0 Å². The summed E-state index contributed by atoms with van der Waals surface area (Å²) in [5, 5.41) is 0.834. The highest BCUT2D eigenvalue weighted by atomic mass is 35.5. The van der Waals surface area contributed by atoms with E-state index in [0.717, 1.165) is 23.4 Å². The summed E-state index contributed by atoms with van der Waals surface area (Å²) < 4.78 is 0. The Morgan fingerprint density at radius 2 is 2.13 bits per heavy atom. The number of halogens is 2. The van der Waals surface area contributed by atoms with E-state index in [2.05, 4.69) is 25.1 Å². The van der Waals surface area contributed by atoms with Crippen molar-refractivity contribution in [1.29, 1.82) is 0 Å². The van der Waals surface area contributed by atoms with Gasteiger partial charge in [0.15, 0.2) is 0 Å². The van der Waals surface area contributed by atoms with Gasteiger partial charge in [0.05, 0.1) is 0 Å². The highest BCUT2D eigenvalue weighted by Gasteiger charge is 1.98. The van der Waals surface area contributed by atoms with Crippen molar-refractivity contribution in [2.45, 2.75) is 26.7 Å². The van der Waals surface area contributed by atoms with Crippen LogP contribution in [-0.2, 0) is 6.42 Å². The first-order valence-corrected chi connectivity index (χ1v) is 6.01. The molecule has 0 spiro atoms. The zero-order valence-corrected chi connectivity index (χ0v) is 10.7. The lowest BCUT2D eigenvalue weighted by atomic mass is 10.0. The Labute approximate surface area is 102 Å². The van der Waals surface area contributed by atoms with Crippen molar-refractivity contribution in [3.63, 3.8) is 0 Å². The molecule has 0 saturated heterocycles. The lowest BCUT2D eigenvalue weighted by molar-refractivity contribution is 1.09. The van der Waals surface area contributed by atoms with E-state index in [0.29, 0.717) is 5.88 Å². The van der Waals surface area contributed by atoms with Crippen LogP contribution < -0.4 is 0 Å². The Morgan fingerprint density at radius 3 is 2.73 bits per heavy atom. The molecule has 0 saturated carbocycles. The third kappa shape index (κ3) is 4.27. The van der Waals surface area contributed by atoms with Gasteiger partial charge >= 0.3 is 0 Å². The molecule has 0 nitrogen and oxygen atoms in total. The van der Waals surface area contributed by atoms with Crippen LogP contribution in [0.3, 0.4) is 0 Å². The van der Waals surface area contributed by atoms with E-state index in [-0.39, 0.29) is 0 Å². The van der Waals surface area contributed by atoms with Crippen molar-refractivity contribution in [3.8, 4) is 0 Å². The third-order valence-corrected chi connectivity index (χ3v) is 2.95. The molecule has 0 aliphatic carbocycles. The van der Waals surface area contributed by atoms with E-state index in [4.69, 9.17) is 23.2 Å². The second-order valence-corrected chi connectivity index (χ2v) is 4.57. The summed E-state index contributed by atoms with van der Waals surface area (Å²) in [7, 11) is 0. The predicted molar refractivity (Wildman–Crippen MR) is 69.0 cm³/mol. The smallest absolute Gasteiger partial charge is 0.0435 e. The Bertz CT molecular complexity index is 354. The topological polar surface area (TPSA) is 0 Å². The van der Waals surface area contributed by atoms with Crippen LogP contribution in [0.4, 0.5) is 0 Å². The van der Waals surface area contributed by atoms with E-state index in [9.17, 15) is 0 Å². The van der Waals surface area contributed by atoms with Crippen LogP contribution in [0.2, 0.25) is 5.02 Å². The van der Waals surface area contributed by atoms with Gasteiger partial charge in [-0.2, -0.15) is 0 Å². The maximum absolute atomic E-state index is 5.97. The Morgan fingerprint density at radius 1 is 1.40 bits per heavy atom. The fourth-order valence-corrected chi connectivity index (χ4v) is 1.74. The number of rotatable bonds is 4. The van der Waals surface area contributed by atoms with Gasteiger partial charge in [0.1, 0.15) is 0 Å². The average Bonchev–Trinajstić information content (AvgIpc) is 2.20. The zero-order chi connectivity index (χ0) is 11.3. The van der Waals surface area contributed by atoms with Crippen LogP contribution in [0.15, 0.2) is 29.8 Å². The van der Waals surface area contributed by atoms with E-state index in [1.165, 1.54) is 11.1 Å². The molecule has 0 atom stereocenters. The molecule has 0 unspecified atom stereocenters. The predicted octanol–water partition coefficient (Wildman–Crippen LogP) is 4.77. The van der Waals surface area contributed by atoms with Gasteiger partial charge in [0.2, 0.25) is 0 Å². The largest absolute Gasteiger partial charge is 0.126 e. The molecule has 1 aromatic rings.